The van der Waals surface area contributed by atoms with Gasteiger partial charge in [0.1, 0.15) is 23.2 Å². The molecule has 7 heteroatoms. The summed E-state index contributed by atoms with van der Waals surface area (Å²) in [7, 11) is 0. The van der Waals surface area contributed by atoms with Gasteiger partial charge in [-0.05, 0) is 44.0 Å². The summed E-state index contributed by atoms with van der Waals surface area (Å²) in [6.45, 7) is 10.2. The molecule has 174 valence electrons. The van der Waals surface area contributed by atoms with Gasteiger partial charge in [-0.3, -0.25) is 14.3 Å². The van der Waals surface area contributed by atoms with E-state index in [1.165, 1.54) is 0 Å². The number of rotatable bonds is 6. The van der Waals surface area contributed by atoms with Gasteiger partial charge in [0.25, 0.3) is 5.56 Å². The lowest BCUT2D eigenvalue weighted by molar-refractivity contribution is 0.305. The fourth-order valence-corrected chi connectivity index (χ4v) is 3.95. The van der Waals surface area contributed by atoms with Crippen LogP contribution < -0.4 is 10.3 Å². The molecule has 0 fully saturated rings. The van der Waals surface area contributed by atoms with E-state index in [1.54, 1.807) is 29.1 Å². The van der Waals surface area contributed by atoms with Crippen molar-refractivity contribution in [1.29, 1.82) is 0 Å². The first-order valence-corrected chi connectivity index (χ1v) is 11.5. The molecule has 0 amide bonds. The molecule has 3 aromatic heterocycles. The summed E-state index contributed by atoms with van der Waals surface area (Å²) in [5.74, 6) is 1.31. The highest BCUT2D eigenvalue weighted by Crippen LogP contribution is 2.27. The maximum absolute atomic E-state index is 13.2. The Balaban J connectivity index is 1.70. The molecular weight excluding hydrogens is 448 g/mol. The zero-order chi connectivity index (χ0) is 24.4. The van der Waals surface area contributed by atoms with Crippen molar-refractivity contribution in [3.63, 3.8) is 0 Å². The predicted octanol–water partition coefficient (Wildman–Crippen LogP) is 5.97. The SMILES string of the molecule is Cc1cccc(COc2cc(C)n(-c3ccnc(-c4nc(C(C)C)ncc4C)c3)c(=O)c2Cl)c1. The number of aryl methyl sites for hydroxylation is 3. The summed E-state index contributed by atoms with van der Waals surface area (Å²) in [6.07, 6.45) is 3.48. The highest BCUT2D eigenvalue weighted by molar-refractivity contribution is 6.31. The van der Waals surface area contributed by atoms with Crippen LogP contribution in [0.3, 0.4) is 0 Å². The van der Waals surface area contributed by atoms with Crippen LogP contribution in [0.25, 0.3) is 17.1 Å². The van der Waals surface area contributed by atoms with Gasteiger partial charge in [-0.2, -0.15) is 0 Å². The van der Waals surface area contributed by atoms with Gasteiger partial charge in [0.05, 0.1) is 17.1 Å². The largest absolute Gasteiger partial charge is 0.487 e. The second-order valence-electron chi connectivity index (χ2n) is 8.70. The monoisotopic (exact) mass is 474 g/mol. The molecule has 3 heterocycles. The van der Waals surface area contributed by atoms with E-state index in [0.717, 1.165) is 28.2 Å². The van der Waals surface area contributed by atoms with Crippen LogP contribution in [0.2, 0.25) is 5.02 Å². The quantitative estimate of drug-likeness (QED) is 0.344. The number of aromatic nitrogens is 4. The van der Waals surface area contributed by atoms with Gasteiger partial charge >= 0.3 is 0 Å². The molecule has 0 unspecified atom stereocenters. The third kappa shape index (κ3) is 4.87. The van der Waals surface area contributed by atoms with Crippen LogP contribution in [0.1, 0.15) is 48.0 Å². The van der Waals surface area contributed by atoms with E-state index in [2.05, 4.69) is 9.97 Å². The summed E-state index contributed by atoms with van der Waals surface area (Å²) >= 11 is 6.46. The van der Waals surface area contributed by atoms with E-state index in [4.69, 9.17) is 21.3 Å². The minimum absolute atomic E-state index is 0.0388. The first-order valence-electron chi connectivity index (χ1n) is 11.2. The maximum atomic E-state index is 13.2. The normalized spacial score (nSPS) is 11.1. The number of pyridine rings is 2. The van der Waals surface area contributed by atoms with E-state index < -0.39 is 0 Å². The van der Waals surface area contributed by atoms with Crippen LogP contribution >= 0.6 is 11.6 Å². The van der Waals surface area contributed by atoms with Gasteiger partial charge in [-0.1, -0.05) is 55.3 Å². The van der Waals surface area contributed by atoms with E-state index in [-0.39, 0.29) is 16.5 Å². The van der Waals surface area contributed by atoms with Crippen molar-refractivity contribution in [1.82, 2.24) is 19.5 Å². The Morgan fingerprint density at radius 3 is 2.59 bits per heavy atom. The lowest BCUT2D eigenvalue weighted by Gasteiger charge is -2.15. The Kier molecular flexibility index (Phi) is 6.80. The van der Waals surface area contributed by atoms with Gasteiger partial charge in [0.2, 0.25) is 0 Å². The Bertz CT molecular complexity index is 1410. The van der Waals surface area contributed by atoms with E-state index in [9.17, 15) is 4.79 Å². The van der Waals surface area contributed by atoms with Gasteiger partial charge in [-0.15, -0.1) is 0 Å². The Labute approximate surface area is 204 Å². The van der Waals surface area contributed by atoms with Gasteiger partial charge < -0.3 is 4.74 Å². The van der Waals surface area contributed by atoms with Crippen LogP contribution in [-0.4, -0.2) is 19.5 Å². The predicted molar refractivity (Wildman–Crippen MR) is 135 cm³/mol. The highest BCUT2D eigenvalue weighted by atomic mass is 35.5. The summed E-state index contributed by atoms with van der Waals surface area (Å²) in [4.78, 5) is 26.9. The standard InChI is InChI=1S/C27H27ClN4O2/c1-16(2)26-30-14-18(4)25(31-26)22-13-21(9-10-29-22)32-19(5)12-23(24(28)27(32)33)34-15-20-8-6-7-17(3)11-20/h6-14,16H,15H2,1-5H3. The molecule has 0 aliphatic heterocycles. The van der Waals surface area contributed by atoms with Crippen molar-refractivity contribution < 1.29 is 4.74 Å². The summed E-state index contributed by atoms with van der Waals surface area (Å²) in [5, 5.41) is 0.0388. The third-order valence-electron chi connectivity index (χ3n) is 5.53. The summed E-state index contributed by atoms with van der Waals surface area (Å²) in [5.41, 5.74) is 5.49. The molecule has 4 rings (SSSR count). The molecule has 0 aliphatic rings. The van der Waals surface area contributed by atoms with Crippen molar-refractivity contribution in [3.05, 3.63) is 98.4 Å². The minimum atomic E-state index is -0.347. The zero-order valence-electron chi connectivity index (χ0n) is 20.0. The first-order chi connectivity index (χ1) is 16.2. The number of nitrogens with zero attached hydrogens (tertiary/aromatic N) is 4. The molecule has 4 aromatic rings. The van der Waals surface area contributed by atoms with Crippen molar-refractivity contribution in [2.45, 2.75) is 47.1 Å². The van der Waals surface area contributed by atoms with Crippen molar-refractivity contribution in [2.24, 2.45) is 0 Å². The Hall–Kier alpha value is -3.51. The average Bonchev–Trinajstić information content (AvgIpc) is 2.81. The number of hydrogen-bond donors (Lipinski definition) is 0. The smallest absolute Gasteiger partial charge is 0.277 e. The molecule has 6 nitrogen and oxygen atoms in total. The number of halogens is 1. The van der Waals surface area contributed by atoms with Crippen molar-refractivity contribution >= 4 is 11.6 Å². The molecule has 34 heavy (non-hydrogen) atoms. The van der Waals surface area contributed by atoms with E-state index in [0.29, 0.717) is 29.4 Å². The summed E-state index contributed by atoms with van der Waals surface area (Å²) in [6, 6.07) is 13.4. The van der Waals surface area contributed by atoms with Crippen LogP contribution in [0, 0.1) is 20.8 Å². The zero-order valence-corrected chi connectivity index (χ0v) is 20.7. The van der Waals surface area contributed by atoms with Gasteiger partial charge in [0, 0.05) is 30.1 Å². The van der Waals surface area contributed by atoms with Crippen LogP contribution in [-0.2, 0) is 6.61 Å². The second kappa shape index (κ2) is 9.77. The van der Waals surface area contributed by atoms with Crippen LogP contribution in [0.4, 0.5) is 0 Å². The molecule has 0 N–H and O–H groups in total. The van der Waals surface area contributed by atoms with Crippen molar-refractivity contribution in [2.75, 3.05) is 0 Å². The summed E-state index contributed by atoms with van der Waals surface area (Å²) < 4.78 is 7.46. The molecule has 0 aliphatic carbocycles. The number of ether oxygens (including phenoxy) is 1. The molecule has 0 bridgehead atoms. The van der Waals surface area contributed by atoms with E-state index >= 15 is 0 Å². The minimum Gasteiger partial charge on any atom is -0.487 e. The fraction of sp³-hybridized carbons (Fsp3) is 0.259. The average molecular weight is 475 g/mol. The van der Waals surface area contributed by atoms with Crippen LogP contribution in [0.15, 0.2) is 59.7 Å². The molecule has 0 saturated carbocycles. The topological polar surface area (TPSA) is 69.9 Å². The molecule has 0 saturated heterocycles. The molecular formula is C27H27ClN4O2. The molecule has 0 radical (unpaired) electrons. The lowest BCUT2D eigenvalue weighted by atomic mass is 10.1. The Morgan fingerprint density at radius 1 is 1.06 bits per heavy atom. The third-order valence-corrected chi connectivity index (χ3v) is 5.88. The molecule has 0 spiro atoms. The Morgan fingerprint density at radius 2 is 1.85 bits per heavy atom. The molecule has 0 atom stereocenters. The number of hydrogen-bond acceptors (Lipinski definition) is 5. The molecule has 1 aromatic carbocycles. The van der Waals surface area contributed by atoms with Crippen LogP contribution in [0.5, 0.6) is 5.75 Å². The van der Waals surface area contributed by atoms with Crippen molar-refractivity contribution in [3.8, 4) is 22.8 Å². The second-order valence-corrected chi connectivity index (χ2v) is 9.07. The lowest BCUT2D eigenvalue weighted by Crippen LogP contribution is -2.22. The maximum Gasteiger partial charge on any atom is 0.277 e. The highest BCUT2D eigenvalue weighted by Gasteiger charge is 2.16. The first kappa shape index (κ1) is 23.6. The van der Waals surface area contributed by atoms with E-state index in [1.807, 2.05) is 65.0 Å². The fourth-order valence-electron chi connectivity index (χ4n) is 3.75. The number of benzene rings is 1. The van der Waals surface area contributed by atoms with Gasteiger partial charge in [0.15, 0.2) is 0 Å². The van der Waals surface area contributed by atoms with Gasteiger partial charge in [-0.25, -0.2) is 9.97 Å².